The monoisotopic (exact) mass is 267 g/mol. The van der Waals surface area contributed by atoms with Crippen LogP contribution in [0.5, 0.6) is 0 Å². The first-order valence-electron chi connectivity index (χ1n) is 7.18. The molecule has 0 radical (unpaired) electrons. The fourth-order valence-electron chi connectivity index (χ4n) is 3.38. The van der Waals surface area contributed by atoms with Crippen molar-refractivity contribution < 1.29 is 4.79 Å². The molecule has 1 atom stereocenters. The van der Waals surface area contributed by atoms with Gasteiger partial charge < -0.3 is 15.6 Å². The zero-order valence-corrected chi connectivity index (χ0v) is 11.2. The SMILES string of the molecule is O=C1NC2=C(CCCC2)C(c2c[nH]c3ccccc23)N1. The van der Waals surface area contributed by atoms with Gasteiger partial charge in [-0.15, -0.1) is 0 Å². The van der Waals surface area contributed by atoms with Crippen molar-refractivity contribution in [3.8, 4) is 0 Å². The van der Waals surface area contributed by atoms with Gasteiger partial charge in [-0.2, -0.15) is 0 Å². The minimum absolute atomic E-state index is 0.00944. The van der Waals surface area contributed by atoms with Crippen molar-refractivity contribution >= 4 is 16.9 Å². The summed E-state index contributed by atoms with van der Waals surface area (Å²) < 4.78 is 0. The van der Waals surface area contributed by atoms with Crippen LogP contribution in [0.1, 0.15) is 37.3 Å². The maximum Gasteiger partial charge on any atom is 0.319 e. The highest BCUT2D eigenvalue weighted by Crippen LogP contribution is 2.37. The predicted molar refractivity (Wildman–Crippen MR) is 78.2 cm³/mol. The summed E-state index contributed by atoms with van der Waals surface area (Å²) in [5.74, 6) is 0. The van der Waals surface area contributed by atoms with E-state index in [-0.39, 0.29) is 12.1 Å². The number of aromatic amines is 1. The largest absolute Gasteiger partial charge is 0.361 e. The van der Waals surface area contributed by atoms with Crippen LogP contribution in [0.4, 0.5) is 4.79 Å². The summed E-state index contributed by atoms with van der Waals surface area (Å²) in [5, 5.41) is 7.25. The minimum Gasteiger partial charge on any atom is -0.361 e. The summed E-state index contributed by atoms with van der Waals surface area (Å²) in [6.45, 7) is 0. The van der Waals surface area contributed by atoms with Crippen LogP contribution >= 0.6 is 0 Å². The summed E-state index contributed by atoms with van der Waals surface area (Å²) in [6.07, 6.45) is 6.45. The molecular weight excluding hydrogens is 250 g/mol. The lowest BCUT2D eigenvalue weighted by molar-refractivity contribution is 0.237. The predicted octanol–water partition coefficient (Wildman–Crippen LogP) is 3.35. The van der Waals surface area contributed by atoms with E-state index >= 15 is 0 Å². The van der Waals surface area contributed by atoms with Crippen molar-refractivity contribution in [1.29, 1.82) is 0 Å². The Labute approximate surface area is 117 Å². The Hall–Kier alpha value is -2.23. The molecule has 0 saturated heterocycles. The minimum atomic E-state index is -0.0825. The Morgan fingerprint density at radius 1 is 1.10 bits per heavy atom. The third-order valence-corrected chi connectivity index (χ3v) is 4.33. The highest BCUT2D eigenvalue weighted by Gasteiger charge is 2.30. The van der Waals surface area contributed by atoms with E-state index in [0.29, 0.717) is 0 Å². The fraction of sp³-hybridized carbons (Fsp3) is 0.312. The number of carbonyl (C=O) groups excluding carboxylic acids is 1. The molecule has 0 spiro atoms. The molecule has 2 aromatic rings. The Morgan fingerprint density at radius 2 is 1.95 bits per heavy atom. The second kappa shape index (κ2) is 4.40. The number of hydrogen-bond acceptors (Lipinski definition) is 1. The molecule has 0 saturated carbocycles. The second-order valence-corrected chi connectivity index (χ2v) is 5.53. The molecule has 4 rings (SSSR count). The third kappa shape index (κ3) is 1.72. The molecule has 1 aromatic carbocycles. The molecule has 2 heterocycles. The molecule has 0 bridgehead atoms. The number of para-hydroxylation sites is 1. The number of H-pyrrole nitrogens is 1. The van der Waals surface area contributed by atoms with Crippen LogP contribution in [0.25, 0.3) is 10.9 Å². The van der Waals surface area contributed by atoms with E-state index in [9.17, 15) is 4.79 Å². The van der Waals surface area contributed by atoms with Crippen LogP contribution in [-0.4, -0.2) is 11.0 Å². The summed E-state index contributed by atoms with van der Waals surface area (Å²) in [6, 6.07) is 8.17. The average Bonchev–Trinajstić information content (AvgIpc) is 2.90. The summed E-state index contributed by atoms with van der Waals surface area (Å²) in [5.41, 5.74) is 4.77. The second-order valence-electron chi connectivity index (χ2n) is 5.53. The molecule has 3 N–H and O–H groups in total. The van der Waals surface area contributed by atoms with E-state index in [0.717, 1.165) is 24.1 Å². The van der Waals surface area contributed by atoms with E-state index in [4.69, 9.17) is 0 Å². The number of rotatable bonds is 1. The maximum atomic E-state index is 11.9. The van der Waals surface area contributed by atoms with E-state index in [1.807, 2.05) is 18.3 Å². The standard InChI is InChI=1S/C16H17N3O/c20-16-18-14-8-4-2-6-11(14)15(19-16)12-9-17-13-7-3-1-5-10(12)13/h1,3,5,7,9,15,17H,2,4,6,8H2,(H2,18,19,20). The van der Waals surface area contributed by atoms with E-state index in [2.05, 4.69) is 27.8 Å². The molecule has 1 unspecified atom stereocenters. The number of benzene rings is 1. The van der Waals surface area contributed by atoms with Crippen LogP contribution in [0, 0.1) is 0 Å². The molecule has 1 aromatic heterocycles. The molecule has 2 aliphatic rings. The van der Waals surface area contributed by atoms with Gasteiger partial charge >= 0.3 is 6.03 Å². The van der Waals surface area contributed by atoms with Crippen molar-refractivity contribution in [3.63, 3.8) is 0 Å². The molecule has 0 fully saturated rings. The first-order valence-corrected chi connectivity index (χ1v) is 7.18. The van der Waals surface area contributed by atoms with Gasteiger partial charge in [-0.25, -0.2) is 4.79 Å². The Kier molecular flexibility index (Phi) is 2.55. The summed E-state index contributed by atoms with van der Waals surface area (Å²) in [4.78, 5) is 15.2. The van der Waals surface area contributed by atoms with Crippen molar-refractivity contribution in [2.24, 2.45) is 0 Å². The van der Waals surface area contributed by atoms with Crippen molar-refractivity contribution in [1.82, 2.24) is 15.6 Å². The molecule has 1 aliphatic heterocycles. The zero-order valence-electron chi connectivity index (χ0n) is 11.2. The fourth-order valence-corrected chi connectivity index (χ4v) is 3.38. The van der Waals surface area contributed by atoms with Gasteiger partial charge in [0.25, 0.3) is 0 Å². The van der Waals surface area contributed by atoms with E-state index < -0.39 is 0 Å². The molecular formula is C16H17N3O. The molecule has 2 amide bonds. The van der Waals surface area contributed by atoms with Gasteiger partial charge in [0.2, 0.25) is 0 Å². The van der Waals surface area contributed by atoms with Gasteiger partial charge in [0, 0.05) is 28.4 Å². The Balaban J connectivity index is 1.85. The zero-order chi connectivity index (χ0) is 13.5. The molecule has 20 heavy (non-hydrogen) atoms. The number of fused-ring (bicyclic) bond motifs is 1. The highest BCUT2D eigenvalue weighted by atomic mass is 16.2. The third-order valence-electron chi connectivity index (χ3n) is 4.33. The molecule has 102 valence electrons. The van der Waals surface area contributed by atoms with Crippen LogP contribution in [-0.2, 0) is 0 Å². The van der Waals surface area contributed by atoms with Crippen LogP contribution in [0.3, 0.4) is 0 Å². The first-order chi connectivity index (χ1) is 9.83. The van der Waals surface area contributed by atoms with Crippen LogP contribution in [0.2, 0.25) is 0 Å². The normalized spacial score (nSPS) is 22.4. The Morgan fingerprint density at radius 3 is 2.90 bits per heavy atom. The van der Waals surface area contributed by atoms with Gasteiger partial charge in [-0.05, 0) is 37.3 Å². The number of aromatic nitrogens is 1. The van der Waals surface area contributed by atoms with Gasteiger partial charge in [-0.3, -0.25) is 0 Å². The topological polar surface area (TPSA) is 56.9 Å². The quantitative estimate of drug-likeness (QED) is 0.729. The lowest BCUT2D eigenvalue weighted by Crippen LogP contribution is -2.44. The number of nitrogens with one attached hydrogen (secondary N) is 3. The van der Waals surface area contributed by atoms with Gasteiger partial charge in [0.05, 0.1) is 6.04 Å². The first kappa shape index (κ1) is 11.6. The summed E-state index contributed by atoms with van der Waals surface area (Å²) in [7, 11) is 0. The van der Waals surface area contributed by atoms with Gasteiger partial charge in [0.15, 0.2) is 0 Å². The lowest BCUT2D eigenvalue weighted by atomic mass is 9.86. The van der Waals surface area contributed by atoms with Crippen LogP contribution in [0.15, 0.2) is 41.7 Å². The van der Waals surface area contributed by atoms with Crippen LogP contribution < -0.4 is 10.6 Å². The number of urea groups is 1. The molecule has 4 nitrogen and oxygen atoms in total. The average molecular weight is 267 g/mol. The number of allylic oxidation sites excluding steroid dienone is 1. The number of amides is 2. The van der Waals surface area contributed by atoms with Crippen molar-refractivity contribution in [3.05, 3.63) is 47.3 Å². The van der Waals surface area contributed by atoms with Gasteiger partial charge in [0.1, 0.15) is 0 Å². The Bertz CT molecular complexity index is 713. The highest BCUT2D eigenvalue weighted by molar-refractivity contribution is 5.86. The maximum absolute atomic E-state index is 11.9. The van der Waals surface area contributed by atoms with Crippen molar-refractivity contribution in [2.45, 2.75) is 31.7 Å². The van der Waals surface area contributed by atoms with E-state index in [1.54, 1.807) is 0 Å². The van der Waals surface area contributed by atoms with Crippen molar-refractivity contribution in [2.75, 3.05) is 0 Å². The lowest BCUT2D eigenvalue weighted by Gasteiger charge is -2.33. The molecule has 4 heteroatoms. The number of hydrogen-bond donors (Lipinski definition) is 3. The smallest absolute Gasteiger partial charge is 0.319 e. The molecule has 1 aliphatic carbocycles. The van der Waals surface area contributed by atoms with E-state index in [1.165, 1.54) is 29.4 Å². The number of carbonyl (C=O) groups is 1. The van der Waals surface area contributed by atoms with Gasteiger partial charge in [-0.1, -0.05) is 18.2 Å². The summed E-state index contributed by atoms with van der Waals surface area (Å²) >= 11 is 0.